The summed E-state index contributed by atoms with van der Waals surface area (Å²) < 4.78 is 38.2. The van der Waals surface area contributed by atoms with Gasteiger partial charge in [-0.25, -0.2) is 18.4 Å². The van der Waals surface area contributed by atoms with Gasteiger partial charge in [-0.05, 0) is 86.1 Å². The van der Waals surface area contributed by atoms with Gasteiger partial charge in [-0.3, -0.25) is 4.79 Å². The van der Waals surface area contributed by atoms with Crippen molar-refractivity contribution in [3.8, 4) is 11.5 Å². The van der Waals surface area contributed by atoms with Crippen molar-refractivity contribution >= 4 is 39.9 Å². The maximum atomic E-state index is 13.8. The molecule has 4 aromatic rings. The van der Waals surface area contributed by atoms with Crippen LogP contribution in [0.4, 0.5) is 8.78 Å². The molecule has 218 valence electrons. The molecule has 0 fully saturated rings. The molecule has 41 heavy (non-hydrogen) atoms. The van der Waals surface area contributed by atoms with E-state index in [9.17, 15) is 13.6 Å². The lowest BCUT2D eigenvalue weighted by Crippen LogP contribution is -2.24. The third-order valence-electron chi connectivity index (χ3n) is 6.94. The highest BCUT2D eigenvalue weighted by Gasteiger charge is 2.27. The van der Waals surface area contributed by atoms with Crippen LogP contribution in [0.2, 0.25) is 25.7 Å². The lowest BCUT2D eigenvalue weighted by atomic mass is 9.81. The molecule has 0 N–H and O–H groups in total. The first kappa shape index (κ1) is 31.5. The Morgan fingerprint density at radius 1 is 0.976 bits per heavy atom. The van der Waals surface area contributed by atoms with E-state index in [0.29, 0.717) is 33.7 Å². The Labute approximate surface area is 257 Å². The van der Waals surface area contributed by atoms with Crippen LogP contribution in [0, 0.1) is 24.5 Å². The fourth-order valence-electron chi connectivity index (χ4n) is 4.75. The van der Waals surface area contributed by atoms with Gasteiger partial charge in [0.15, 0.2) is 11.5 Å². The first-order valence-electron chi connectivity index (χ1n) is 13.4. The maximum Gasteiger partial charge on any atom is 0.214 e. The average Bonchev–Trinajstić information content (AvgIpc) is 3.18. The first-order chi connectivity index (χ1) is 19.3. The minimum absolute atomic E-state index is 0.0704. The van der Waals surface area contributed by atoms with Crippen LogP contribution in [0.1, 0.15) is 29.5 Å². The molecule has 0 amide bonds. The predicted molar refractivity (Wildman–Crippen MR) is 168 cm³/mol. The SMILES string of the molecule is Cc1cn(COCC[Si](C)(C)C)nc(-c2nc(Br)c(Br)n2C[C@H](C)C(c2ccc(F)cc2)c2ccc(F)cc2)c1=O. The molecule has 1 atom stereocenters. The molecule has 11 heteroatoms. The maximum absolute atomic E-state index is 13.8. The van der Waals surface area contributed by atoms with Gasteiger partial charge in [0.25, 0.3) is 0 Å². The normalized spacial score (nSPS) is 12.7. The van der Waals surface area contributed by atoms with E-state index >= 15 is 0 Å². The van der Waals surface area contributed by atoms with E-state index in [0.717, 1.165) is 17.2 Å². The molecule has 0 saturated carbocycles. The molecule has 0 aliphatic heterocycles. The van der Waals surface area contributed by atoms with Crippen LogP contribution in [0.15, 0.2) is 68.7 Å². The summed E-state index contributed by atoms with van der Waals surface area (Å²) in [4.78, 5) is 18.0. The third-order valence-corrected chi connectivity index (χ3v) is 10.5. The van der Waals surface area contributed by atoms with Gasteiger partial charge in [0.05, 0.1) is 0 Å². The second-order valence-electron chi connectivity index (χ2n) is 11.6. The molecule has 0 unspecified atom stereocenters. The molecular weight excluding hydrogens is 674 g/mol. The van der Waals surface area contributed by atoms with Crippen molar-refractivity contribution in [3.05, 3.63) is 102 Å². The fourth-order valence-corrected chi connectivity index (χ4v) is 6.29. The van der Waals surface area contributed by atoms with Crippen molar-refractivity contribution in [2.45, 2.75) is 58.7 Å². The van der Waals surface area contributed by atoms with Gasteiger partial charge in [-0.2, -0.15) is 5.10 Å². The Morgan fingerprint density at radius 2 is 1.54 bits per heavy atom. The molecule has 2 heterocycles. The van der Waals surface area contributed by atoms with Crippen molar-refractivity contribution in [1.29, 1.82) is 0 Å². The van der Waals surface area contributed by atoms with E-state index in [1.807, 2.05) is 4.57 Å². The smallest absolute Gasteiger partial charge is 0.214 e. The summed E-state index contributed by atoms with van der Waals surface area (Å²) in [6.45, 7) is 12.0. The van der Waals surface area contributed by atoms with Gasteiger partial charge >= 0.3 is 0 Å². The number of hydrogen-bond acceptors (Lipinski definition) is 4. The Morgan fingerprint density at radius 3 is 2.07 bits per heavy atom. The molecule has 0 radical (unpaired) electrons. The highest BCUT2D eigenvalue weighted by Crippen LogP contribution is 2.36. The number of ether oxygens (including phenoxy) is 1. The highest BCUT2D eigenvalue weighted by molar-refractivity contribution is 9.13. The number of imidazole rings is 1. The highest BCUT2D eigenvalue weighted by atomic mass is 79.9. The van der Waals surface area contributed by atoms with Crippen molar-refractivity contribution in [3.63, 3.8) is 0 Å². The van der Waals surface area contributed by atoms with Crippen LogP contribution >= 0.6 is 31.9 Å². The molecule has 2 aromatic heterocycles. The van der Waals surface area contributed by atoms with Crippen LogP contribution in [0.25, 0.3) is 11.5 Å². The summed E-state index contributed by atoms with van der Waals surface area (Å²) in [5, 5.41) is 4.62. The van der Waals surface area contributed by atoms with E-state index in [-0.39, 0.29) is 41.3 Å². The molecule has 4 rings (SSSR count). The Bertz CT molecular complexity index is 1510. The Hall–Kier alpha value is -2.47. The van der Waals surface area contributed by atoms with Crippen LogP contribution in [-0.4, -0.2) is 34.0 Å². The summed E-state index contributed by atoms with van der Waals surface area (Å²) >= 11 is 7.14. The van der Waals surface area contributed by atoms with Gasteiger partial charge in [0.2, 0.25) is 5.43 Å². The molecule has 0 bridgehead atoms. The number of rotatable bonds is 11. The lowest BCUT2D eigenvalue weighted by molar-refractivity contribution is 0.0774. The van der Waals surface area contributed by atoms with Crippen LogP contribution in [0.5, 0.6) is 0 Å². The molecular formula is C30H34Br2F2N4O2Si. The second kappa shape index (κ2) is 13.2. The Balaban J connectivity index is 1.69. The van der Waals surface area contributed by atoms with Crippen LogP contribution < -0.4 is 5.43 Å². The zero-order chi connectivity index (χ0) is 29.9. The van der Waals surface area contributed by atoms with E-state index in [2.05, 4.69) is 68.5 Å². The van der Waals surface area contributed by atoms with Gasteiger partial charge in [-0.15, -0.1) is 0 Å². The summed E-state index contributed by atoms with van der Waals surface area (Å²) in [5.74, 6) is -0.488. The van der Waals surface area contributed by atoms with E-state index in [1.165, 1.54) is 24.3 Å². The zero-order valence-electron chi connectivity index (χ0n) is 23.8. The van der Waals surface area contributed by atoms with Gasteiger partial charge in [-0.1, -0.05) is 50.8 Å². The van der Waals surface area contributed by atoms with Crippen LogP contribution in [-0.2, 0) is 18.0 Å². The van der Waals surface area contributed by atoms with Gasteiger partial charge in [0, 0.05) is 38.9 Å². The third kappa shape index (κ3) is 7.88. The molecule has 0 spiro atoms. The minimum atomic E-state index is -1.24. The molecule has 0 aliphatic rings. The van der Waals surface area contributed by atoms with Crippen molar-refractivity contribution < 1.29 is 13.5 Å². The molecule has 0 saturated heterocycles. The quantitative estimate of drug-likeness (QED) is 0.117. The van der Waals surface area contributed by atoms with Crippen molar-refractivity contribution in [1.82, 2.24) is 19.3 Å². The number of halogens is 4. The molecule has 0 aliphatic carbocycles. The van der Waals surface area contributed by atoms with E-state index < -0.39 is 8.07 Å². The Kier molecular flexibility index (Phi) is 10.1. The van der Waals surface area contributed by atoms with E-state index in [1.54, 1.807) is 42.1 Å². The predicted octanol–water partition coefficient (Wildman–Crippen LogP) is 8.00. The zero-order valence-corrected chi connectivity index (χ0v) is 28.0. The summed E-state index contributed by atoms with van der Waals surface area (Å²) in [6, 6.07) is 13.8. The topological polar surface area (TPSA) is 61.9 Å². The fraction of sp³-hybridized carbons (Fsp3) is 0.367. The standard InChI is InChI=1S/C30H34Br2F2N4O2Si/c1-19(25(21-6-10-23(33)11-7-21)22-8-12-24(34)13-9-22)17-38-29(32)28(31)35-30(38)26-27(39)20(2)16-37(36-26)18-40-14-15-41(3,4)5/h6-13,16,19,25H,14-15,17-18H2,1-5H3/t19-/m0/s1. The number of hydrogen-bond donors (Lipinski definition) is 0. The minimum Gasteiger partial charge on any atom is -0.360 e. The number of nitrogens with zero attached hydrogens (tertiary/aromatic N) is 4. The monoisotopic (exact) mass is 706 g/mol. The van der Waals surface area contributed by atoms with Gasteiger partial charge in [0.1, 0.15) is 27.6 Å². The number of benzene rings is 2. The van der Waals surface area contributed by atoms with E-state index in [4.69, 9.17) is 4.74 Å². The van der Waals surface area contributed by atoms with Crippen molar-refractivity contribution in [2.24, 2.45) is 5.92 Å². The molecule has 6 nitrogen and oxygen atoms in total. The number of aromatic nitrogens is 4. The molecule has 2 aromatic carbocycles. The first-order valence-corrected chi connectivity index (χ1v) is 18.7. The lowest BCUT2D eigenvalue weighted by Gasteiger charge is -2.26. The summed E-state index contributed by atoms with van der Waals surface area (Å²) in [6.07, 6.45) is 1.69. The second-order valence-corrected chi connectivity index (χ2v) is 18.7. The van der Waals surface area contributed by atoms with Crippen molar-refractivity contribution in [2.75, 3.05) is 6.61 Å². The van der Waals surface area contributed by atoms with Crippen LogP contribution in [0.3, 0.4) is 0 Å². The summed E-state index contributed by atoms with van der Waals surface area (Å²) in [7, 11) is -1.24. The van der Waals surface area contributed by atoms with Gasteiger partial charge < -0.3 is 9.30 Å². The largest absolute Gasteiger partial charge is 0.360 e. The number of aryl methyl sites for hydroxylation is 1. The average molecular weight is 709 g/mol. The summed E-state index contributed by atoms with van der Waals surface area (Å²) in [5.41, 5.74) is 2.34.